The van der Waals surface area contributed by atoms with Crippen molar-refractivity contribution in [2.75, 3.05) is 26.7 Å². The van der Waals surface area contributed by atoms with Crippen LogP contribution in [0.5, 0.6) is 0 Å². The molecule has 104 valence electrons. The summed E-state index contributed by atoms with van der Waals surface area (Å²) in [5, 5.41) is 12.3. The monoisotopic (exact) mass is 264 g/mol. The Bertz CT molecular complexity index is 436. The highest BCUT2D eigenvalue weighted by Crippen LogP contribution is 2.18. The fourth-order valence-electron chi connectivity index (χ4n) is 2.62. The van der Waals surface area contributed by atoms with Gasteiger partial charge >= 0.3 is 5.97 Å². The van der Waals surface area contributed by atoms with Gasteiger partial charge in [-0.2, -0.15) is 0 Å². The summed E-state index contributed by atoms with van der Waals surface area (Å²) in [5.41, 5.74) is 0.811. The number of aromatic nitrogens is 2. The van der Waals surface area contributed by atoms with Crippen molar-refractivity contribution in [2.24, 2.45) is 5.92 Å². The number of hydrogen-bond donors (Lipinski definition) is 2. The molecule has 0 radical (unpaired) electrons. The Labute approximate surface area is 112 Å². The zero-order chi connectivity index (χ0) is 13.7. The minimum absolute atomic E-state index is 0.207. The van der Waals surface area contributed by atoms with Crippen molar-refractivity contribution in [3.63, 3.8) is 0 Å². The second kappa shape index (κ2) is 6.58. The van der Waals surface area contributed by atoms with E-state index in [0.717, 1.165) is 26.1 Å². The van der Waals surface area contributed by atoms with Crippen molar-refractivity contribution in [1.82, 2.24) is 20.2 Å². The summed E-state index contributed by atoms with van der Waals surface area (Å²) in [4.78, 5) is 21.3. The smallest absolute Gasteiger partial charge is 0.339 e. The average Bonchev–Trinajstić information content (AvgIpc) is 2.40. The lowest BCUT2D eigenvalue weighted by molar-refractivity contribution is 0.0692. The van der Waals surface area contributed by atoms with Crippen LogP contribution in [0.2, 0.25) is 0 Å². The molecule has 1 fully saturated rings. The maximum Gasteiger partial charge on any atom is 0.339 e. The molecule has 0 aromatic carbocycles. The molecule has 6 heteroatoms. The molecule has 0 saturated carbocycles. The fraction of sp³-hybridized carbons (Fsp3) is 0.615. The van der Waals surface area contributed by atoms with Crippen LogP contribution in [0.4, 0.5) is 0 Å². The molecule has 1 aromatic heterocycles. The Morgan fingerprint density at radius 3 is 3.21 bits per heavy atom. The summed E-state index contributed by atoms with van der Waals surface area (Å²) in [6.07, 6.45) is 5.17. The summed E-state index contributed by atoms with van der Waals surface area (Å²) in [6.45, 7) is 3.59. The first-order valence-electron chi connectivity index (χ1n) is 6.60. The molecule has 0 amide bonds. The van der Waals surface area contributed by atoms with Gasteiger partial charge in [-0.3, -0.25) is 4.90 Å². The lowest BCUT2D eigenvalue weighted by atomic mass is 9.98. The first kappa shape index (κ1) is 13.9. The van der Waals surface area contributed by atoms with Gasteiger partial charge in [0.25, 0.3) is 0 Å². The van der Waals surface area contributed by atoms with Crippen LogP contribution in [0.3, 0.4) is 0 Å². The van der Waals surface area contributed by atoms with Crippen LogP contribution in [0, 0.1) is 5.92 Å². The first-order valence-corrected chi connectivity index (χ1v) is 6.60. The molecule has 1 unspecified atom stereocenters. The van der Waals surface area contributed by atoms with E-state index in [1.54, 1.807) is 0 Å². The van der Waals surface area contributed by atoms with Gasteiger partial charge in [0.05, 0.1) is 5.69 Å². The number of carboxylic acid groups (broad SMARTS) is 1. The van der Waals surface area contributed by atoms with Gasteiger partial charge in [0.1, 0.15) is 11.9 Å². The third kappa shape index (κ3) is 3.71. The largest absolute Gasteiger partial charge is 0.478 e. The van der Waals surface area contributed by atoms with Crippen molar-refractivity contribution < 1.29 is 9.90 Å². The third-order valence-corrected chi connectivity index (χ3v) is 3.49. The van der Waals surface area contributed by atoms with Gasteiger partial charge in [-0.15, -0.1) is 0 Å². The molecule has 1 saturated heterocycles. The Hall–Kier alpha value is -1.53. The van der Waals surface area contributed by atoms with Gasteiger partial charge in [0, 0.05) is 19.3 Å². The summed E-state index contributed by atoms with van der Waals surface area (Å²) in [7, 11) is 1.96. The maximum absolute atomic E-state index is 11.1. The van der Waals surface area contributed by atoms with Gasteiger partial charge in [0.2, 0.25) is 0 Å². The number of rotatable bonds is 5. The molecule has 2 heterocycles. The fourth-order valence-corrected chi connectivity index (χ4v) is 2.62. The molecule has 1 atom stereocenters. The van der Waals surface area contributed by atoms with Crippen LogP contribution in [-0.2, 0) is 6.54 Å². The Morgan fingerprint density at radius 2 is 2.47 bits per heavy atom. The zero-order valence-corrected chi connectivity index (χ0v) is 11.2. The van der Waals surface area contributed by atoms with E-state index in [4.69, 9.17) is 5.11 Å². The van der Waals surface area contributed by atoms with Crippen LogP contribution < -0.4 is 5.32 Å². The SMILES string of the molecule is CNCC1CCCN(Cc2ncncc2C(=O)O)C1. The van der Waals surface area contributed by atoms with Crippen molar-refractivity contribution >= 4 is 5.97 Å². The number of carbonyl (C=O) groups is 1. The number of nitrogens with one attached hydrogen (secondary N) is 1. The zero-order valence-electron chi connectivity index (χ0n) is 11.2. The topological polar surface area (TPSA) is 78.3 Å². The van der Waals surface area contributed by atoms with Gasteiger partial charge in [-0.05, 0) is 38.9 Å². The lowest BCUT2D eigenvalue weighted by Gasteiger charge is -2.32. The highest BCUT2D eigenvalue weighted by atomic mass is 16.4. The van der Waals surface area contributed by atoms with E-state index in [2.05, 4.69) is 20.2 Å². The number of aromatic carboxylic acids is 1. The maximum atomic E-state index is 11.1. The predicted octanol–water partition coefficient (Wildman–Crippen LogP) is 0.606. The van der Waals surface area contributed by atoms with E-state index in [1.165, 1.54) is 18.9 Å². The normalized spacial score (nSPS) is 20.4. The number of hydrogen-bond acceptors (Lipinski definition) is 5. The van der Waals surface area contributed by atoms with Gasteiger partial charge in [0.15, 0.2) is 0 Å². The minimum atomic E-state index is -0.959. The molecule has 1 aliphatic heterocycles. The minimum Gasteiger partial charge on any atom is -0.478 e. The highest BCUT2D eigenvalue weighted by Gasteiger charge is 2.21. The van der Waals surface area contributed by atoms with Crippen molar-refractivity contribution in [1.29, 1.82) is 0 Å². The first-order chi connectivity index (χ1) is 9.20. The quantitative estimate of drug-likeness (QED) is 0.811. The summed E-state index contributed by atoms with van der Waals surface area (Å²) in [5.74, 6) is -0.326. The third-order valence-electron chi connectivity index (χ3n) is 3.49. The van der Waals surface area contributed by atoms with Crippen LogP contribution in [0.25, 0.3) is 0 Å². The molecular formula is C13H20N4O2. The number of piperidine rings is 1. The Kier molecular flexibility index (Phi) is 4.81. The molecule has 1 aromatic rings. The van der Waals surface area contributed by atoms with E-state index in [1.807, 2.05) is 7.05 Å². The average molecular weight is 264 g/mol. The molecule has 2 rings (SSSR count). The van der Waals surface area contributed by atoms with Gasteiger partial charge < -0.3 is 10.4 Å². The van der Waals surface area contributed by atoms with Crippen molar-refractivity contribution in [2.45, 2.75) is 19.4 Å². The predicted molar refractivity (Wildman–Crippen MR) is 70.9 cm³/mol. The molecule has 0 bridgehead atoms. The highest BCUT2D eigenvalue weighted by molar-refractivity contribution is 5.88. The molecule has 1 aliphatic rings. The van der Waals surface area contributed by atoms with E-state index >= 15 is 0 Å². The molecule has 19 heavy (non-hydrogen) atoms. The molecule has 6 nitrogen and oxygen atoms in total. The second-order valence-electron chi connectivity index (χ2n) is 4.99. The molecule has 0 aliphatic carbocycles. The van der Waals surface area contributed by atoms with Crippen molar-refractivity contribution in [3.05, 3.63) is 23.8 Å². The Morgan fingerprint density at radius 1 is 1.63 bits per heavy atom. The lowest BCUT2D eigenvalue weighted by Crippen LogP contribution is -2.39. The second-order valence-corrected chi connectivity index (χ2v) is 4.99. The molecule has 0 spiro atoms. The molecule has 2 N–H and O–H groups in total. The van der Waals surface area contributed by atoms with E-state index in [0.29, 0.717) is 18.2 Å². The van der Waals surface area contributed by atoms with Gasteiger partial charge in [-0.1, -0.05) is 0 Å². The standard InChI is InChI=1S/C13H20N4O2/c1-14-5-10-3-2-4-17(7-10)8-12-11(13(18)19)6-15-9-16-12/h6,9-10,14H,2-5,7-8H2,1H3,(H,18,19). The Balaban J connectivity index is 2.02. The van der Waals surface area contributed by atoms with Crippen LogP contribution in [0.15, 0.2) is 12.5 Å². The van der Waals surface area contributed by atoms with E-state index < -0.39 is 5.97 Å². The summed E-state index contributed by atoms with van der Waals surface area (Å²) < 4.78 is 0. The number of likely N-dealkylation sites (tertiary alicyclic amines) is 1. The summed E-state index contributed by atoms with van der Waals surface area (Å²) in [6, 6.07) is 0. The summed E-state index contributed by atoms with van der Waals surface area (Å²) >= 11 is 0. The number of nitrogens with zero attached hydrogens (tertiary/aromatic N) is 3. The van der Waals surface area contributed by atoms with Crippen LogP contribution in [0.1, 0.15) is 28.9 Å². The van der Waals surface area contributed by atoms with E-state index in [-0.39, 0.29) is 5.56 Å². The van der Waals surface area contributed by atoms with Crippen LogP contribution >= 0.6 is 0 Å². The van der Waals surface area contributed by atoms with E-state index in [9.17, 15) is 4.79 Å². The van der Waals surface area contributed by atoms with Crippen molar-refractivity contribution in [3.8, 4) is 0 Å². The van der Waals surface area contributed by atoms with Crippen LogP contribution in [-0.4, -0.2) is 52.6 Å². The molecular weight excluding hydrogens is 244 g/mol. The number of carboxylic acids is 1. The van der Waals surface area contributed by atoms with Gasteiger partial charge in [-0.25, -0.2) is 14.8 Å².